The van der Waals surface area contributed by atoms with Gasteiger partial charge in [-0.3, -0.25) is 4.57 Å². The maximum Gasteiger partial charge on any atom is 0.414 e. The Balaban J connectivity index is 2.42. The Morgan fingerprint density at radius 2 is 2.64 bits per heavy atom. The molecule has 0 spiro atoms. The Hall–Kier alpha value is -1.59. The second kappa shape index (κ2) is 1.94. The fourth-order valence-electron chi connectivity index (χ4n) is 0.984. The molecule has 6 heteroatoms. The number of rotatable bonds is 1. The minimum absolute atomic E-state index is 0.153. The summed E-state index contributed by atoms with van der Waals surface area (Å²) >= 11 is 0. The minimum Gasteiger partial charge on any atom is -0.444 e. The second-order valence-corrected chi connectivity index (χ2v) is 2.18. The van der Waals surface area contributed by atoms with Crippen LogP contribution in [0.4, 0.5) is 5.82 Å². The first-order valence-electron chi connectivity index (χ1n) is 3.12. The van der Waals surface area contributed by atoms with E-state index in [-0.39, 0.29) is 5.82 Å². The van der Waals surface area contributed by atoms with Crippen molar-refractivity contribution in [3.05, 3.63) is 16.3 Å². The van der Waals surface area contributed by atoms with Gasteiger partial charge in [0.2, 0.25) is 0 Å². The molecular weight excluding hydrogens is 150 g/mol. The molecule has 0 aliphatic carbocycles. The van der Waals surface area contributed by atoms with Gasteiger partial charge in [-0.05, 0) is 4.92 Å². The third kappa shape index (κ3) is 0.830. The first-order chi connectivity index (χ1) is 5.27. The normalized spacial score (nSPS) is 14.2. The summed E-state index contributed by atoms with van der Waals surface area (Å²) in [6, 6.07) is 0.344. The fourth-order valence-corrected chi connectivity index (χ4v) is 0.984. The quantitative estimate of drug-likeness (QED) is 0.428. The molecular formula is C5H5N3O3. The van der Waals surface area contributed by atoms with E-state index in [0.717, 1.165) is 0 Å². The Morgan fingerprint density at radius 1 is 1.82 bits per heavy atom. The smallest absolute Gasteiger partial charge is 0.414 e. The van der Waals surface area contributed by atoms with E-state index in [2.05, 4.69) is 4.98 Å². The summed E-state index contributed by atoms with van der Waals surface area (Å²) in [5, 5.41) is 10.2. The lowest BCUT2D eigenvalue weighted by molar-refractivity contribution is -0.389. The van der Waals surface area contributed by atoms with Crippen LogP contribution in [0.25, 0.3) is 0 Å². The zero-order chi connectivity index (χ0) is 7.84. The lowest BCUT2D eigenvalue weighted by Crippen LogP contribution is -1.94. The summed E-state index contributed by atoms with van der Waals surface area (Å²) in [6.07, 6.45) is 1.38. The first kappa shape index (κ1) is 6.14. The molecule has 1 aliphatic rings. The minimum atomic E-state index is -0.533. The SMILES string of the molecule is O=[N+]([O-])c1cn2c(n1)OCC2. The highest BCUT2D eigenvalue weighted by Crippen LogP contribution is 2.20. The lowest BCUT2D eigenvalue weighted by Gasteiger charge is -1.85. The molecule has 0 bridgehead atoms. The summed E-state index contributed by atoms with van der Waals surface area (Å²) in [5.41, 5.74) is 0. The van der Waals surface area contributed by atoms with Gasteiger partial charge in [0.05, 0.1) is 6.54 Å². The molecule has 11 heavy (non-hydrogen) atoms. The standard InChI is InChI=1S/C5H5N3O3/c9-8(10)4-3-7-1-2-11-5(7)6-4/h3H,1-2H2. The van der Waals surface area contributed by atoms with Crippen LogP contribution in [0, 0.1) is 10.1 Å². The van der Waals surface area contributed by atoms with Crippen molar-refractivity contribution in [2.75, 3.05) is 6.61 Å². The zero-order valence-corrected chi connectivity index (χ0v) is 5.56. The van der Waals surface area contributed by atoms with Gasteiger partial charge in [-0.1, -0.05) is 0 Å². The lowest BCUT2D eigenvalue weighted by atomic mass is 10.7. The number of nitro groups is 1. The van der Waals surface area contributed by atoms with E-state index in [1.165, 1.54) is 6.20 Å². The maximum absolute atomic E-state index is 10.2. The van der Waals surface area contributed by atoms with Crippen LogP contribution >= 0.6 is 0 Å². The molecule has 0 unspecified atom stereocenters. The van der Waals surface area contributed by atoms with Crippen molar-refractivity contribution < 1.29 is 9.66 Å². The monoisotopic (exact) mass is 155 g/mol. The molecule has 0 radical (unpaired) electrons. The molecule has 1 aromatic heterocycles. The van der Waals surface area contributed by atoms with Crippen LogP contribution in [0.3, 0.4) is 0 Å². The van der Waals surface area contributed by atoms with Gasteiger partial charge in [-0.15, -0.1) is 0 Å². The molecule has 0 N–H and O–H groups in total. The summed E-state index contributed by atoms with van der Waals surface area (Å²) in [4.78, 5) is 13.3. The maximum atomic E-state index is 10.2. The Labute approximate surface area is 61.6 Å². The molecule has 0 saturated carbocycles. The van der Waals surface area contributed by atoms with E-state index in [1.54, 1.807) is 4.57 Å². The number of aromatic nitrogens is 2. The van der Waals surface area contributed by atoms with Gasteiger partial charge in [0.1, 0.15) is 12.8 Å². The molecule has 2 heterocycles. The van der Waals surface area contributed by atoms with E-state index < -0.39 is 4.92 Å². The largest absolute Gasteiger partial charge is 0.444 e. The molecule has 0 fully saturated rings. The van der Waals surface area contributed by atoms with Gasteiger partial charge >= 0.3 is 11.8 Å². The number of ether oxygens (including phenoxy) is 1. The van der Waals surface area contributed by atoms with Crippen LogP contribution in [0.1, 0.15) is 0 Å². The van der Waals surface area contributed by atoms with Gasteiger partial charge in [0, 0.05) is 4.98 Å². The average molecular weight is 155 g/mol. The molecule has 6 nitrogen and oxygen atoms in total. The van der Waals surface area contributed by atoms with Crippen molar-refractivity contribution in [3.63, 3.8) is 0 Å². The van der Waals surface area contributed by atoms with Crippen LogP contribution in [0.2, 0.25) is 0 Å². The van der Waals surface area contributed by atoms with Gasteiger partial charge in [-0.2, -0.15) is 0 Å². The highest BCUT2D eigenvalue weighted by molar-refractivity contribution is 5.21. The third-order valence-corrected chi connectivity index (χ3v) is 1.48. The van der Waals surface area contributed by atoms with E-state index in [1.807, 2.05) is 0 Å². The van der Waals surface area contributed by atoms with E-state index in [0.29, 0.717) is 19.2 Å². The molecule has 0 aromatic carbocycles. The Morgan fingerprint density at radius 3 is 3.27 bits per heavy atom. The summed E-state index contributed by atoms with van der Waals surface area (Å²) in [5.74, 6) is -0.153. The van der Waals surface area contributed by atoms with Gasteiger partial charge in [0.25, 0.3) is 0 Å². The summed E-state index contributed by atoms with van der Waals surface area (Å²) in [6.45, 7) is 1.20. The summed E-state index contributed by atoms with van der Waals surface area (Å²) in [7, 11) is 0. The van der Waals surface area contributed by atoms with Crippen molar-refractivity contribution in [2.45, 2.75) is 6.54 Å². The molecule has 2 rings (SSSR count). The van der Waals surface area contributed by atoms with E-state index in [4.69, 9.17) is 4.74 Å². The molecule has 1 aromatic rings. The molecule has 0 atom stereocenters. The highest BCUT2D eigenvalue weighted by atomic mass is 16.6. The zero-order valence-electron chi connectivity index (χ0n) is 5.56. The summed E-state index contributed by atoms with van der Waals surface area (Å²) < 4.78 is 6.60. The van der Waals surface area contributed by atoms with Crippen molar-refractivity contribution >= 4 is 5.82 Å². The molecule has 1 aliphatic heterocycles. The predicted molar refractivity (Wildman–Crippen MR) is 34.4 cm³/mol. The van der Waals surface area contributed by atoms with Crippen LogP contribution in [0.15, 0.2) is 6.20 Å². The number of hydrogen-bond acceptors (Lipinski definition) is 4. The Bertz CT molecular complexity index is 284. The van der Waals surface area contributed by atoms with E-state index >= 15 is 0 Å². The number of fused-ring (bicyclic) bond motifs is 1. The predicted octanol–water partition coefficient (Wildman–Crippen LogP) is 0.184. The Kier molecular flexibility index (Phi) is 1.09. The molecule has 58 valence electrons. The third-order valence-electron chi connectivity index (χ3n) is 1.48. The number of hydrogen-bond donors (Lipinski definition) is 0. The first-order valence-corrected chi connectivity index (χ1v) is 3.12. The van der Waals surface area contributed by atoms with Crippen LogP contribution < -0.4 is 4.74 Å². The topological polar surface area (TPSA) is 70.2 Å². The number of imidazole rings is 1. The van der Waals surface area contributed by atoms with Crippen molar-refractivity contribution in [1.29, 1.82) is 0 Å². The van der Waals surface area contributed by atoms with Crippen molar-refractivity contribution in [1.82, 2.24) is 9.55 Å². The average Bonchev–Trinajstić information content (AvgIpc) is 2.40. The van der Waals surface area contributed by atoms with Crippen LogP contribution in [0.5, 0.6) is 6.01 Å². The van der Waals surface area contributed by atoms with E-state index in [9.17, 15) is 10.1 Å². The van der Waals surface area contributed by atoms with Crippen molar-refractivity contribution in [2.24, 2.45) is 0 Å². The van der Waals surface area contributed by atoms with Gasteiger partial charge < -0.3 is 14.9 Å². The van der Waals surface area contributed by atoms with Gasteiger partial charge in [-0.25, -0.2) is 0 Å². The fraction of sp³-hybridized carbons (Fsp3) is 0.400. The molecule has 0 saturated heterocycles. The number of nitrogens with zero attached hydrogens (tertiary/aromatic N) is 3. The van der Waals surface area contributed by atoms with Crippen LogP contribution in [-0.2, 0) is 6.54 Å². The van der Waals surface area contributed by atoms with Crippen molar-refractivity contribution in [3.8, 4) is 6.01 Å². The molecule has 0 amide bonds. The van der Waals surface area contributed by atoms with Crippen LogP contribution in [-0.4, -0.2) is 21.1 Å². The highest BCUT2D eigenvalue weighted by Gasteiger charge is 2.23. The second-order valence-electron chi connectivity index (χ2n) is 2.18. The van der Waals surface area contributed by atoms with Gasteiger partial charge in [0.15, 0.2) is 0 Å².